The Morgan fingerprint density at radius 2 is 1.90 bits per heavy atom. The number of aliphatic hydroxyl groups is 2. The van der Waals surface area contributed by atoms with Crippen LogP contribution < -0.4 is 10.6 Å². The lowest BCUT2D eigenvalue weighted by Gasteiger charge is -2.37. The summed E-state index contributed by atoms with van der Waals surface area (Å²) in [6, 6.07) is 6.13. The standard InChI is InChI=1S/C20H28IN3O6/c1-11(25)17(22-10-14-4-6-15(21)7-5-14)18(28)19(12(2)26)30-13(3)24-9-8-16(27)23-20(24)29/h4-7,12-13,17-19,22,26,28H,8-10H2,1-3H3,(H,23,27,29)/t12?,13-,17+,18+,19+/m1/s1. The number of benzene rings is 1. The highest BCUT2D eigenvalue weighted by atomic mass is 127. The fourth-order valence-corrected chi connectivity index (χ4v) is 3.59. The number of rotatable bonds is 10. The lowest BCUT2D eigenvalue weighted by Crippen LogP contribution is -2.58. The molecule has 166 valence electrons. The Labute approximate surface area is 189 Å². The van der Waals surface area contributed by atoms with Crippen molar-refractivity contribution in [3.63, 3.8) is 0 Å². The first-order valence-electron chi connectivity index (χ1n) is 9.70. The van der Waals surface area contributed by atoms with Gasteiger partial charge in [-0.15, -0.1) is 0 Å². The predicted molar refractivity (Wildman–Crippen MR) is 117 cm³/mol. The molecule has 1 heterocycles. The van der Waals surface area contributed by atoms with E-state index in [1.54, 1.807) is 6.92 Å². The van der Waals surface area contributed by atoms with Gasteiger partial charge in [-0.1, -0.05) is 12.1 Å². The van der Waals surface area contributed by atoms with Crippen molar-refractivity contribution >= 4 is 40.3 Å². The number of ketones is 1. The first kappa shape index (κ1) is 24.7. The molecule has 10 heteroatoms. The van der Waals surface area contributed by atoms with Crippen LogP contribution in [0.25, 0.3) is 0 Å². The molecule has 3 amide bonds. The predicted octanol–water partition coefficient (Wildman–Crippen LogP) is 0.753. The Kier molecular flexibility index (Phi) is 9.16. The summed E-state index contributed by atoms with van der Waals surface area (Å²) in [5, 5.41) is 26.3. The quantitative estimate of drug-likeness (QED) is 0.327. The number of carbonyl (C=O) groups excluding carboxylic acids is 3. The van der Waals surface area contributed by atoms with Crippen LogP contribution in [0.15, 0.2) is 24.3 Å². The summed E-state index contributed by atoms with van der Waals surface area (Å²) in [6.07, 6.45) is -4.29. The Morgan fingerprint density at radius 3 is 2.43 bits per heavy atom. The molecular weight excluding hydrogens is 505 g/mol. The zero-order valence-corrected chi connectivity index (χ0v) is 19.3. The topological polar surface area (TPSA) is 128 Å². The summed E-state index contributed by atoms with van der Waals surface area (Å²) in [7, 11) is 0. The van der Waals surface area contributed by atoms with Crippen LogP contribution in [0.2, 0.25) is 0 Å². The van der Waals surface area contributed by atoms with Gasteiger partial charge in [0.1, 0.15) is 24.2 Å². The van der Waals surface area contributed by atoms with Crippen LogP contribution in [0, 0.1) is 3.57 Å². The van der Waals surface area contributed by atoms with Gasteiger partial charge in [0.05, 0.1) is 12.1 Å². The van der Waals surface area contributed by atoms with Crippen LogP contribution in [-0.2, 0) is 20.9 Å². The van der Waals surface area contributed by atoms with Crippen LogP contribution in [0.1, 0.15) is 32.8 Å². The van der Waals surface area contributed by atoms with E-state index < -0.39 is 36.6 Å². The molecule has 2 rings (SSSR count). The molecule has 1 aromatic rings. The van der Waals surface area contributed by atoms with Gasteiger partial charge in [0, 0.05) is 23.1 Å². The van der Waals surface area contributed by atoms with E-state index >= 15 is 0 Å². The number of carbonyl (C=O) groups is 3. The molecule has 0 saturated carbocycles. The molecule has 0 spiro atoms. The van der Waals surface area contributed by atoms with Crippen molar-refractivity contribution in [1.29, 1.82) is 0 Å². The van der Waals surface area contributed by atoms with Crippen molar-refractivity contribution in [2.24, 2.45) is 0 Å². The number of Topliss-reactive ketones (excluding diaryl/α,β-unsaturated/α-hetero) is 1. The minimum atomic E-state index is -1.36. The van der Waals surface area contributed by atoms with Gasteiger partial charge in [-0.25, -0.2) is 4.79 Å². The van der Waals surface area contributed by atoms with Gasteiger partial charge in [-0.3, -0.25) is 19.8 Å². The smallest absolute Gasteiger partial charge is 0.326 e. The maximum absolute atomic E-state index is 12.2. The fraction of sp³-hybridized carbons (Fsp3) is 0.550. The molecule has 1 unspecified atom stereocenters. The molecule has 4 N–H and O–H groups in total. The van der Waals surface area contributed by atoms with E-state index in [1.807, 2.05) is 24.3 Å². The number of aliphatic hydroxyl groups excluding tert-OH is 2. The minimum absolute atomic E-state index is 0.134. The second-order valence-corrected chi connectivity index (χ2v) is 8.57. The van der Waals surface area contributed by atoms with Crippen molar-refractivity contribution in [3.05, 3.63) is 33.4 Å². The average Bonchev–Trinajstić information content (AvgIpc) is 2.66. The molecule has 0 radical (unpaired) electrons. The normalized spacial score (nSPS) is 19.6. The second-order valence-electron chi connectivity index (χ2n) is 7.32. The highest BCUT2D eigenvalue weighted by Gasteiger charge is 2.37. The van der Waals surface area contributed by atoms with Crippen molar-refractivity contribution in [1.82, 2.24) is 15.5 Å². The molecule has 1 aliphatic heterocycles. The van der Waals surface area contributed by atoms with Gasteiger partial charge < -0.3 is 20.3 Å². The van der Waals surface area contributed by atoms with Gasteiger partial charge in [0.15, 0.2) is 0 Å². The lowest BCUT2D eigenvalue weighted by molar-refractivity contribution is -0.163. The van der Waals surface area contributed by atoms with E-state index in [4.69, 9.17) is 4.74 Å². The molecule has 5 atom stereocenters. The number of imide groups is 1. The first-order chi connectivity index (χ1) is 14.1. The van der Waals surface area contributed by atoms with Crippen molar-refractivity contribution in [2.45, 2.75) is 64.3 Å². The van der Waals surface area contributed by atoms with Crippen LogP contribution in [0.4, 0.5) is 4.79 Å². The van der Waals surface area contributed by atoms with Crippen LogP contribution in [0.5, 0.6) is 0 Å². The third-order valence-corrected chi connectivity index (χ3v) is 5.63. The summed E-state index contributed by atoms with van der Waals surface area (Å²) in [5.41, 5.74) is 0.936. The number of amides is 3. The molecule has 30 heavy (non-hydrogen) atoms. The summed E-state index contributed by atoms with van der Waals surface area (Å²) >= 11 is 2.20. The van der Waals surface area contributed by atoms with Gasteiger partial charge in [-0.2, -0.15) is 0 Å². The van der Waals surface area contributed by atoms with Gasteiger partial charge in [-0.05, 0) is 61.1 Å². The van der Waals surface area contributed by atoms with Crippen molar-refractivity contribution in [2.75, 3.05) is 6.54 Å². The van der Waals surface area contributed by atoms with E-state index in [0.29, 0.717) is 6.54 Å². The number of urea groups is 1. The van der Waals surface area contributed by atoms with E-state index in [-0.39, 0.29) is 24.7 Å². The van der Waals surface area contributed by atoms with Crippen molar-refractivity contribution in [3.8, 4) is 0 Å². The number of nitrogens with one attached hydrogen (secondary N) is 2. The third kappa shape index (κ3) is 6.71. The second kappa shape index (κ2) is 11.1. The summed E-state index contributed by atoms with van der Waals surface area (Å²) in [4.78, 5) is 36.8. The number of hydrogen-bond donors (Lipinski definition) is 4. The average molecular weight is 533 g/mol. The fourth-order valence-electron chi connectivity index (χ4n) is 3.23. The van der Waals surface area contributed by atoms with Crippen LogP contribution in [-0.4, -0.2) is 70.0 Å². The summed E-state index contributed by atoms with van der Waals surface area (Å²) < 4.78 is 6.86. The van der Waals surface area contributed by atoms with Crippen LogP contribution in [0.3, 0.4) is 0 Å². The Balaban J connectivity index is 2.07. The number of nitrogens with zero attached hydrogens (tertiary/aromatic N) is 1. The highest BCUT2D eigenvalue weighted by Crippen LogP contribution is 2.17. The van der Waals surface area contributed by atoms with E-state index in [2.05, 4.69) is 33.2 Å². The lowest BCUT2D eigenvalue weighted by atomic mass is 9.98. The summed E-state index contributed by atoms with van der Waals surface area (Å²) in [5.74, 6) is -0.678. The Hall–Kier alpha value is -1.60. The van der Waals surface area contributed by atoms with Gasteiger partial charge in [0.2, 0.25) is 5.91 Å². The van der Waals surface area contributed by atoms with Crippen molar-refractivity contribution < 1.29 is 29.3 Å². The molecule has 0 bridgehead atoms. The molecule has 1 saturated heterocycles. The zero-order chi connectivity index (χ0) is 22.4. The third-order valence-electron chi connectivity index (χ3n) is 4.91. The van der Waals surface area contributed by atoms with Gasteiger partial charge >= 0.3 is 6.03 Å². The Morgan fingerprint density at radius 1 is 1.27 bits per heavy atom. The van der Waals surface area contributed by atoms with E-state index in [1.165, 1.54) is 18.7 Å². The largest absolute Gasteiger partial charge is 0.391 e. The first-order valence-corrected chi connectivity index (χ1v) is 10.8. The highest BCUT2D eigenvalue weighted by molar-refractivity contribution is 14.1. The monoisotopic (exact) mass is 533 g/mol. The molecule has 9 nitrogen and oxygen atoms in total. The number of ether oxygens (including phenoxy) is 1. The minimum Gasteiger partial charge on any atom is -0.391 e. The maximum Gasteiger partial charge on any atom is 0.326 e. The SMILES string of the molecule is CC(=O)[C@H](NCc1ccc(I)cc1)[C@H](O)[C@@H](O[C@H](C)N1CCC(=O)NC1=O)C(C)O. The Bertz CT molecular complexity index is 757. The molecule has 0 aliphatic carbocycles. The number of hydrogen-bond acceptors (Lipinski definition) is 7. The maximum atomic E-state index is 12.2. The molecule has 1 aromatic carbocycles. The number of halogens is 1. The van der Waals surface area contributed by atoms with Crippen LogP contribution >= 0.6 is 22.6 Å². The molecular formula is C20H28IN3O6. The summed E-state index contributed by atoms with van der Waals surface area (Å²) in [6.45, 7) is 4.88. The molecule has 1 fully saturated rings. The van der Waals surface area contributed by atoms with Gasteiger partial charge in [0.25, 0.3) is 0 Å². The zero-order valence-electron chi connectivity index (χ0n) is 17.2. The molecule has 0 aromatic heterocycles. The van der Waals surface area contributed by atoms with E-state index in [9.17, 15) is 24.6 Å². The van der Waals surface area contributed by atoms with E-state index in [0.717, 1.165) is 9.13 Å². The molecule has 1 aliphatic rings.